The Bertz CT molecular complexity index is 332. The number of methoxy groups -OCH3 is 1. The van der Waals surface area contributed by atoms with Crippen LogP contribution in [0, 0.1) is 0 Å². The summed E-state index contributed by atoms with van der Waals surface area (Å²) in [6, 6.07) is 1.67. The molecule has 0 aliphatic heterocycles. The lowest BCUT2D eigenvalue weighted by molar-refractivity contribution is 0.0912. The third kappa shape index (κ3) is 3.75. The Morgan fingerprint density at radius 2 is 2.53 bits per heavy atom. The second-order valence-corrected chi connectivity index (χ2v) is 4.85. The molecule has 3 nitrogen and oxygen atoms in total. The Hall–Kier alpha value is -0.100. The van der Waals surface area contributed by atoms with Gasteiger partial charge in [-0.15, -0.1) is 11.3 Å². The average molecular weight is 313 g/mol. The maximum atomic E-state index is 11.7. The standard InChI is InChI=1S/C9H11BrClNO2S/c1-14-5-6(4-10)12-9(13)8-7(11)2-3-15-8/h2-3,6H,4-5H2,1H3,(H,12,13). The van der Waals surface area contributed by atoms with Crippen LogP contribution in [0.3, 0.4) is 0 Å². The van der Waals surface area contributed by atoms with Crippen LogP contribution in [0.5, 0.6) is 0 Å². The van der Waals surface area contributed by atoms with Gasteiger partial charge in [-0.1, -0.05) is 27.5 Å². The molecule has 0 saturated heterocycles. The Kier molecular flexibility index (Phi) is 5.60. The number of carbonyl (C=O) groups is 1. The zero-order chi connectivity index (χ0) is 11.3. The summed E-state index contributed by atoms with van der Waals surface area (Å²) in [4.78, 5) is 12.2. The predicted molar refractivity (Wildman–Crippen MR) is 66.3 cm³/mol. The van der Waals surface area contributed by atoms with E-state index in [1.165, 1.54) is 11.3 Å². The first kappa shape index (κ1) is 13.0. The summed E-state index contributed by atoms with van der Waals surface area (Å²) in [7, 11) is 1.60. The van der Waals surface area contributed by atoms with Crippen LogP contribution in [0.1, 0.15) is 9.67 Å². The van der Waals surface area contributed by atoms with Gasteiger partial charge in [0.25, 0.3) is 5.91 Å². The highest BCUT2D eigenvalue weighted by molar-refractivity contribution is 9.09. The fraction of sp³-hybridized carbons (Fsp3) is 0.444. The molecule has 0 aromatic carbocycles. The first-order valence-electron chi connectivity index (χ1n) is 4.27. The van der Waals surface area contributed by atoms with Crippen molar-refractivity contribution in [3.8, 4) is 0 Å². The van der Waals surface area contributed by atoms with E-state index in [4.69, 9.17) is 16.3 Å². The minimum absolute atomic E-state index is 0.0410. The highest BCUT2D eigenvalue weighted by Gasteiger charge is 2.15. The minimum atomic E-state index is -0.156. The molecule has 15 heavy (non-hydrogen) atoms. The number of nitrogens with one attached hydrogen (secondary N) is 1. The van der Waals surface area contributed by atoms with E-state index in [0.717, 1.165) is 0 Å². The molecule has 1 unspecified atom stereocenters. The molecule has 1 aromatic rings. The summed E-state index contributed by atoms with van der Waals surface area (Å²) < 4.78 is 4.97. The van der Waals surface area contributed by atoms with Crippen molar-refractivity contribution in [2.24, 2.45) is 0 Å². The van der Waals surface area contributed by atoms with E-state index in [-0.39, 0.29) is 11.9 Å². The highest BCUT2D eigenvalue weighted by atomic mass is 79.9. The van der Waals surface area contributed by atoms with E-state index in [1.807, 2.05) is 0 Å². The van der Waals surface area contributed by atoms with Gasteiger partial charge in [-0.25, -0.2) is 0 Å². The van der Waals surface area contributed by atoms with Gasteiger partial charge in [-0.05, 0) is 11.4 Å². The number of carbonyl (C=O) groups excluding carboxylic acids is 1. The summed E-state index contributed by atoms with van der Waals surface area (Å²) in [6.07, 6.45) is 0. The lowest BCUT2D eigenvalue weighted by Gasteiger charge is -2.14. The van der Waals surface area contributed by atoms with Gasteiger partial charge in [0, 0.05) is 12.4 Å². The first-order chi connectivity index (χ1) is 7.19. The van der Waals surface area contributed by atoms with E-state index in [0.29, 0.717) is 21.8 Å². The number of alkyl halides is 1. The van der Waals surface area contributed by atoms with E-state index in [1.54, 1.807) is 18.6 Å². The summed E-state index contributed by atoms with van der Waals surface area (Å²) >= 11 is 10.5. The number of hydrogen-bond acceptors (Lipinski definition) is 3. The largest absolute Gasteiger partial charge is 0.383 e. The van der Waals surface area contributed by atoms with Crippen molar-refractivity contribution in [2.75, 3.05) is 19.0 Å². The number of rotatable bonds is 5. The van der Waals surface area contributed by atoms with Crippen LogP contribution < -0.4 is 5.32 Å². The highest BCUT2D eigenvalue weighted by Crippen LogP contribution is 2.21. The van der Waals surface area contributed by atoms with Crippen molar-refractivity contribution < 1.29 is 9.53 Å². The molecule has 1 heterocycles. The van der Waals surface area contributed by atoms with Crippen molar-refractivity contribution in [1.82, 2.24) is 5.32 Å². The quantitative estimate of drug-likeness (QED) is 0.849. The van der Waals surface area contributed by atoms with Gasteiger partial charge < -0.3 is 10.1 Å². The van der Waals surface area contributed by atoms with Gasteiger partial charge in [0.1, 0.15) is 4.88 Å². The van der Waals surface area contributed by atoms with Gasteiger partial charge in [0.05, 0.1) is 17.7 Å². The normalized spacial score (nSPS) is 12.5. The number of ether oxygens (including phenoxy) is 1. The lowest BCUT2D eigenvalue weighted by Crippen LogP contribution is -2.39. The second-order valence-electron chi connectivity index (χ2n) is 2.88. The van der Waals surface area contributed by atoms with E-state index < -0.39 is 0 Å². The number of hydrogen-bond donors (Lipinski definition) is 1. The van der Waals surface area contributed by atoms with Crippen LogP contribution in [0.2, 0.25) is 5.02 Å². The molecule has 6 heteroatoms. The fourth-order valence-electron chi connectivity index (χ4n) is 1.03. The van der Waals surface area contributed by atoms with Crippen molar-refractivity contribution in [2.45, 2.75) is 6.04 Å². The summed E-state index contributed by atoms with van der Waals surface area (Å²) in [6.45, 7) is 0.472. The van der Waals surface area contributed by atoms with Crippen LogP contribution in [0.25, 0.3) is 0 Å². The monoisotopic (exact) mass is 311 g/mol. The molecule has 0 aliphatic rings. The molecule has 1 N–H and O–H groups in total. The lowest BCUT2D eigenvalue weighted by atomic mass is 10.3. The Labute approximate surface area is 106 Å². The molecule has 0 radical (unpaired) electrons. The van der Waals surface area contributed by atoms with E-state index in [9.17, 15) is 4.79 Å². The number of amides is 1. The molecular weight excluding hydrogens is 302 g/mol. The number of halogens is 2. The van der Waals surface area contributed by atoms with Gasteiger partial charge in [-0.3, -0.25) is 4.79 Å². The smallest absolute Gasteiger partial charge is 0.263 e. The van der Waals surface area contributed by atoms with Crippen LogP contribution >= 0.6 is 38.9 Å². The van der Waals surface area contributed by atoms with Crippen molar-refractivity contribution in [3.63, 3.8) is 0 Å². The molecule has 1 amide bonds. The first-order valence-corrected chi connectivity index (χ1v) is 6.65. The molecule has 0 saturated carbocycles. The summed E-state index contributed by atoms with van der Waals surface area (Å²) in [5, 5.41) is 5.75. The van der Waals surface area contributed by atoms with Crippen LogP contribution in [0.4, 0.5) is 0 Å². The third-order valence-corrected chi connectivity index (χ3v) is 3.83. The predicted octanol–water partition coefficient (Wildman–Crippen LogP) is 2.54. The molecule has 0 bridgehead atoms. The van der Waals surface area contributed by atoms with E-state index >= 15 is 0 Å². The zero-order valence-electron chi connectivity index (χ0n) is 8.13. The molecule has 0 fully saturated rings. The molecule has 0 aliphatic carbocycles. The Morgan fingerprint density at radius 3 is 3.00 bits per heavy atom. The topological polar surface area (TPSA) is 38.3 Å². The van der Waals surface area contributed by atoms with Gasteiger partial charge in [0.2, 0.25) is 0 Å². The molecule has 84 valence electrons. The van der Waals surface area contributed by atoms with Gasteiger partial charge >= 0.3 is 0 Å². The Balaban J connectivity index is 2.58. The van der Waals surface area contributed by atoms with Crippen LogP contribution in [0.15, 0.2) is 11.4 Å². The van der Waals surface area contributed by atoms with Crippen molar-refractivity contribution in [3.05, 3.63) is 21.3 Å². The molecule has 1 rings (SSSR count). The third-order valence-electron chi connectivity index (χ3n) is 1.71. The Morgan fingerprint density at radius 1 is 1.80 bits per heavy atom. The molecular formula is C9H11BrClNO2S. The maximum absolute atomic E-state index is 11.7. The minimum Gasteiger partial charge on any atom is -0.383 e. The summed E-state index contributed by atoms with van der Waals surface area (Å²) in [5.74, 6) is -0.156. The van der Waals surface area contributed by atoms with Crippen LogP contribution in [-0.2, 0) is 4.74 Å². The summed E-state index contributed by atoms with van der Waals surface area (Å²) in [5.41, 5.74) is 0. The fourth-order valence-corrected chi connectivity index (χ4v) is 2.43. The molecule has 1 atom stereocenters. The van der Waals surface area contributed by atoms with Crippen molar-refractivity contribution >= 4 is 44.8 Å². The molecule has 0 spiro atoms. The molecule has 1 aromatic heterocycles. The van der Waals surface area contributed by atoms with Gasteiger partial charge in [-0.2, -0.15) is 0 Å². The van der Waals surface area contributed by atoms with E-state index in [2.05, 4.69) is 21.2 Å². The number of thiophene rings is 1. The second kappa shape index (κ2) is 6.48. The zero-order valence-corrected chi connectivity index (χ0v) is 11.3. The van der Waals surface area contributed by atoms with Crippen molar-refractivity contribution in [1.29, 1.82) is 0 Å². The SMILES string of the molecule is COCC(CBr)NC(=O)c1sccc1Cl. The maximum Gasteiger partial charge on any atom is 0.263 e. The average Bonchev–Trinajstić information content (AvgIpc) is 2.63. The van der Waals surface area contributed by atoms with Gasteiger partial charge in [0.15, 0.2) is 0 Å². The van der Waals surface area contributed by atoms with Crippen LogP contribution in [-0.4, -0.2) is 31.0 Å².